The number of primary amides is 2. The third kappa shape index (κ3) is 3.75. The van der Waals surface area contributed by atoms with Crippen molar-refractivity contribution in [2.75, 3.05) is 14.1 Å². The number of ketones is 2. The standard InChI is InChI=1S/C32H29N3O8/c1-35(2)25-20-12-13-11-19-17(16-7-8-18(30(33)41)15-6-4-3-5-14(15)16)9-10-21(36)23(19)26(37)22(13)28(39)32(20,43)29(40)24(27(25)38)31(34)42/h3-10,13,20,25,36-37,40,43H,11-12H2,1-2H3,(H2,33,41)(H2,34,42)/t13-,20-,25-,32-/m0/s1. The number of nitrogens with zero attached hydrogens (tertiary/aromatic N) is 1. The molecule has 0 saturated heterocycles. The molecule has 6 rings (SSSR count). The summed E-state index contributed by atoms with van der Waals surface area (Å²) in [5, 5.41) is 46.6. The Balaban J connectivity index is 1.59. The van der Waals surface area contributed by atoms with Crippen molar-refractivity contribution >= 4 is 39.9 Å². The molecule has 3 aliphatic carbocycles. The van der Waals surface area contributed by atoms with Crippen molar-refractivity contribution in [2.24, 2.45) is 23.3 Å². The number of benzene rings is 3. The summed E-state index contributed by atoms with van der Waals surface area (Å²) in [5.41, 5.74) is 9.33. The zero-order chi connectivity index (χ0) is 31.1. The van der Waals surface area contributed by atoms with Gasteiger partial charge in [0.1, 0.15) is 22.8 Å². The van der Waals surface area contributed by atoms with E-state index in [-0.39, 0.29) is 29.7 Å². The van der Waals surface area contributed by atoms with E-state index in [1.165, 1.54) is 11.0 Å². The molecule has 0 spiro atoms. The van der Waals surface area contributed by atoms with Gasteiger partial charge in [-0.05, 0) is 72.5 Å². The fourth-order valence-corrected chi connectivity index (χ4v) is 7.25. The molecule has 0 heterocycles. The van der Waals surface area contributed by atoms with E-state index in [0.29, 0.717) is 33.0 Å². The van der Waals surface area contributed by atoms with E-state index in [4.69, 9.17) is 11.5 Å². The number of nitrogens with two attached hydrogens (primary N) is 2. The number of aliphatic hydroxyl groups excluding tert-OH is 2. The lowest BCUT2D eigenvalue weighted by Crippen LogP contribution is -2.65. The fraction of sp³-hybridized carbons (Fsp3) is 0.250. The smallest absolute Gasteiger partial charge is 0.255 e. The number of likely N-dealkylation sites (N-methyl/N-ethyl adjacent to an activating group) is 1. The molecule has 0 aromatic heterocycles. The fourth-order valence-electron chi connectivity index (χ4n) is 7.25. The van der Waals surface area contributed by atoms with Crippen LogP contribution in [0.15, 0.2) is 65.4 Å². The van der Waals surface area contributed by atoms with Gasteiger partial charge in [-0.15, -0.1) is 0 Å². The average molecular weight is 584 g/mol. The number of rotatable bonds is 4. The summed E-state index contributed by atoms with van der Waals surface area (Å²) < 4.78 is 0. The van der Waals surface area contributed by atoms with E-state index in [1.54, 1.807) is 50.5 Å². The van der Waals surface area contributed by atoms with Crippen molar-refractivity contribution in [1.29, 1.82) is 0 Å². The van der Waals surface area contributed by atoms with E-state index < -0.39 is 64.0 Å². The van der Waals surface area contributed by atoms with Gasteiger partial charge in [-0.3, -0.25) is 24.1 Å². The van der Waals surface area contributed by atoms with Gasteiger partial charge in [0.05, 0.1) is 11.6 Å². The van der Waals surface area contributed by atoms with Crippen LogP contribution in [0.2, 0.25) is 0 Å². The summed E-state index contributed by atoms with van der Waals surface area (Å²) in [7, 11) is 3.09. The minimum atomic E-state index is -2.71. The molecule has 3 aliphatic rings. The van der Waals surface area contributed by atoms with Crippen molar-refractivity contribution in [2.45, 2.75) is 24.5 Å². The van der Waals surface area contributed by atoms with Crippen LogP contribution in [-0.2, 0) is 20.8 Å². The monoisotopic (exact) mass is 583 g/mol. The number of carbonyl (C=O) groups excluding carboxylic acids is 4. The average Bonchev–Trinajstić information content (AvgIpc) is 2.94. The SMILES string of the molecule is CN(C)[C@@H]1C(=O)C(C(N)=O)=C(O)[C@@]2(O)C(=O)C3=C(O)c4c(O)ccc(-c5ccc(C(N)=O)c6ccccc56)c4C[C@H]3C[C@@H]12. The second-order valence-electron chi connectivity index (χ2n) is 11.5. The van der Waals surface area contributed by atoms with Crippen molar-refractivity contribution in [1.82, 2.24) is 4.90 Å². The number of hydrogen-bond donors (Lipinski definition) is 6. The topological polar surface area (TPSA) is 204 Å². The molecule has 8 N–H and O–H groups in total. The van der Waals surface area contributed by atoms with Crippen molar-refractivity contribution in [3.63, 3.8) is 0 Å². The molecule has 4 atom stereocenters. The number of hydrogen-bond acceptors (Lipinski definition) is 9. The quantitative estimate of drug-likeness (QED) is 0.248. The highest BCUT2D eigenvalue weighted by molar-refractivity contribution is 6.24. The number of phenolic OH excluding ortho intramolecular Hbond substituents is 1. The van der Waals surface area contributed by atoms with Crippen molar-refractivity contribution in [3.05, 3.63) is 82.1 Å². The maximum atomic E-state index is 14.1. The zero-order valence-corrected chi connectivity index (χ0v) is 23.3. The molecule has 220 valence electrons. The Morgan fingerprint density at radius 2 is 1.56 bits per heavy atom. The van der Waals surface area contributed by atoms with Crippen LogP contribution in [0.25, 0.3) is 27.7 Å². The molecule has 0 aliphatic heterocycles. The number of aliphatic hydroxyl groups is 3. The van der Waals surface area contributed by atoms with Crippen molar-refractivity contribution < 1.29 is 39.6 Å². The number of phenols is 1. The Hall–Kier alpha value is -5.00. The maximum Gasteiger partial charge on any atom is 0.255 e. The first-order valence-electron chi connectivity index (χ1n) is 13.6. The van der Waals surface area contributed by atoms with Gasteiger partial charge in [0.25, 0.3) is 5.91 Å². The lowest BCUT2D eigenvalue weighted by atomic mass is 9.57. The summed E-state index contributed by atoms with van der Waals surface area (Å²) in [6.07, 6.45) is 0.104. The highest BCUT2D eigenvalue weighted by Crippen LogP contribution is 2.54. The summed E-state index contributed by atoms with van der Waals surface area (Å²) >= 11 is 0. The maximum absolute atomic E-state index is 14.1. The van der Waals surface area contributed by atoms with Gasteiger partial charge in [0.2, 0.25) is 11.7 Å². The third-order valence-electron chi connectivity index (χ3n) is 9.08. The molecule has 43 heavy (non-hydrogen) atoms. The van der Waals surface area contributed by atoms with Crippen molar-refractivity contribution in [3.8, 4) is 16.9 Å². The van der Waals surface area contributed by atoms with E-state index in [0.717, 1.165) is 0 Å². The summed E-state index contributed by atoms with van der Waals surface area (Å²) in [6.45, 7) is 0. The summed E-state index contributed by atoms with van der Waals surface area (Å²) in [4.78, 5) is 53.1. The number of aromatic hydroxyl groups is 1. The predicted molar refractivity (Wildman–Crippen MR) is 156 cm³/mol. The van der Waals surface area contributed by atoms with E-state index >= 15 is 0 Å². The Labute approximate surface area is 245 Å². The minimum absolute atomic E-state index is 0.0168. The normalized spacial score (nSPS) is 25.1. The molecule has 11 nitrogen and oxygen atoms in total. The van der Waals surface area contributed by atoms with Gasteiger partial charge in [0.15, 0.2) is 11.4 Å². The van der Waals surface area contributed by atoms with Crippen LogP contribution in [0.5, 0.6) is 5.75 Å². The minimum Gasteiger partial charge on any atom is -0.508 e. The highest BCUT2D eigenvalue weighted by Gasteiger charge is 2.64. The van der Waals surface area contributed by atoms with Gasteiger partial charge in [-0.25, -0.2) is 0 Å². The number of carbonyl (C=O) groups is 4. The van der Waals surface area contributed by atoms with Crippen LogP contribution in [0, 0.1) is 11.8 Å². The third-order valence-corrected chi connectivity index (χ3v) is 9.08. The molecule has 3 aromatic rings. The van der Waals surface area contributed by atoms with Gasteiger partial charge in [0, 0.05) is 17.1 Å². The van der Waals surface area contributed by atoms with E-state index in [9.17, 15) is 39.6 Å². The molecule has 11 heteroatoms. The number of fused-ring (bicyclic) bond motifs is 4. The second kappa shape index (κ2) is 9.51. The van der Waals surface area contributed by atoms with Crippen LogP contribution in [0.1, 0.15) is 27.9 Å². The first-order chi connectivity index (χ1) is 20.3. The van der Waals surface area contributed by atoms with E-state index in [1.807, 2.05) is 6.07 Å². The van der Waals surface area contributed by atoms with Gasteiger partial charge < -0.3 is 31.9 Å². The lowest BCUT2D eigenvalue weighted by molar-refractivity contribution is -0.153. The van der Waals surface area contributed by atoms with Crippen LogP contribution in [-0.4, -0.2) is 74.4 Å². The Morgan fingerprint density at radius 1 is 0.907 bits per heavy atom. The van der Waals surface area contributed by atoms with Gasteiger partial charge in [-0.1, -0.05) is 36.4 Å². The molecule has 0 unspecified atom stereocenters. The largest absolute Gasteiger partial charge is 0.508 e. The molecular formula is C32H29N3O8. The summed E-state index contributed by atoms with van der Waals surface area (Å²) in [6, 6.07) is 12.4. The molecule has 2 amide bonds. The number of Topliss-reactive ketones (excluding diaryl/α,β-unsaturated/α-hetero) is 2. The van der Waals surface area contributed by atoms with Gasteiger partial charge >= 0.3 is 0 Å². The lowest BCUT2D eigenvalue weighted by Gasteiger charge is -2.50. The Bertz CT molecular complexity index is 1870. The van der Waals surface area contributed by atoms with Crippen LogP contribution in [0.3, 0.4) is 0 Å². The highest BCUT2D eigenvalue weighted by atomic mass is 16.3. The second-order valence-corrected chi connectivity index (χ2v) is 11.5. The van der Waals surface area contributed by atoms with Crippen LogP contribution < -0.4 is 11.5 Å². The molecule has 0 bridgehead atoms. The predicted octanol–water partition coefficient (Wildman–Crippen LogP) is 1.88. The van der Waals surface area contributed by atoms with Gasteiger partial charge in [-0.2, -0.15) is 0 Å². The Kier molecular flexibility index (Phi) is 6.22. The Morgan fingerprint density at radius 3 is 2.19 bits per heavy atom. The zero-order valence-electron chi connectivity index (χ0n) is 23.3. The summed E-state index contributed by atoms with van der Waals surface area (Å²) in [5.74, 6) is -7.70. The molecular weight excluding hydrogens is 554 g/mol. The molecule has 1 saturated carbocycles. The van der Waals surface area contributed by atoms with Crippen LogP contribution >= 0.6 is 0 Å². The van der Waals surface area contributed by atoms with Crippen LogP contribution in [0.4, 0.5) is 0 Å². The number of amides is 2. The first-order valence-corrected chi connectivity index (χ1v) is 13.6. The molecule has 1 fully saturated rings. The molecule has 0 radical (unpaired) electrons. The first kappa shape index (κ1) is 28.1. The molecule has 3 aromatic carbocycles. The van der Waals surface area contributed by atoms with E-state index in [2.05, 4.69) is 0 Å².